The van der Waals surface area contributed by atoms with Gasteiger partial charge >= 0.3 is 0 Å². The van der Waals surface area contributed by atoms with Crippen molar-refractivity contribution >= 4 is 5.91 Å². The fourth-order valence-electron chi connectivity index (χ4n) is 1.69. The molecule has 0 aromatic heterocycles. The third-order valence-corrected chi connectivity index (χ3v) is 3.12. The highest BCUT2D eigenvalue weighted by molar-refractivity contribution is 5.76. The van der Waals surface area contributed by atoms with E-state index in [1.165, 1.54) is 11.1 Å². The van der Waals surface area contributed by atoms with Crippen molar-refractivity contribution in [2.75, 3.05) is 20.6 Å². The van der Waals surface area contributed by atoms with E-state index < -0.39 is 0 Å². The summed E-state index contributed by atoms with van der Waals surface area (Å²) in [6.07, 6.45) is 0.545. The van der Waals surface area contributed by atoms with Gasteiger partial charge in [-0.3, -0.25) is 4.79 Å². The molecule has 1 aromatic rings. The molecule has 0 radical (unpaired) electrons. The van der Waals surface area contributed by atoms with Gasteiger partial charge in [0.25, 0.3) is 0 Å². The van der Waals surface area contributed by atoms with Crippen LogP contribution in [0.5, 0.6) is 0 Å². The fourth-order valence-corrected chi connectivity index (χ4v) is 1.69. The summed E-state index contributed by atoms with van der Waals surface area (Å²) in [4.78, 5) is 13.7. The molecule has 3 nitrogen and oxygen atoms in total. The quantitative estimate of drug-likeness (QED) is 0.846. The van der Waals surface area contributed by atoms with Crippen LogP contribution in [-0.4, -0.2) is 31.4 Å². The lowest BCUT2D eigenvalue weighted by Crippen LogP contribution is -2.31. The van der Waals surface area contributed by atoms with E-state index in [1.807, 2.05) is 19.0 Å². The molecular weight excluding hydrogens is 212 g/mol. The van der Waals surface area contributed by atoms with Crippen LogP contribution in [0.15, 0.2) is 24.3 Å². The van der Waals surface area contributed by atoms with Crippen molar-refractivity contribution in [3.05, 3.63) is 35.4 Å². The summed E-state index contributed by atoms with van der Waals surface area (Å²) in [5, 5.41) is 2.99. The van der Waals surface area contributed by atoms with Crippen LogP contribution in [0.25, 0.3) is 0 Å². The highest BCUT2D eigenvalue weighted by Gasteiger charge is 2.16. The largest absolute Gasteiger partial charge is 0.339 e. The van der Waals surface area contributed by atoms with Crippen LogP contribution in [0.3, 0.4) is 0 Å². The van der Waals surface area contributed by atoms with Crippen molar-refractivity contribution in [3.63, 3.8) is 0 Å². The predicted molar refractivity (Wildman–Crippen MR) is 70.9 cm³/mol. The predicted octanol–water partition coefficient (Wildman–Crippen LogP) is 2.12. The molecule has 1 rings (SSSR count). The average molecular weight is 234 g/mol. The second kappa shape index (κ2) is 6.40. The Morgan fingerprint density at radius 3 is 2.47 bits per heavy atom. The second-order valence-corrected chi connectivity index (χ2v) is 4.44. The van der Waals surface area contributed by atoms with E-state index in [2.05, 4.69) is 43.4 Å². The van der Waals surface area contributed by atoms with Gasteiger partial charge in [0.05, 0.1) is 6.04 Å². The molecule has 1 amide bonds. The Kier molecular flexibility index (Phi) is 5.16. The van der Waals surface area contributed by atoms with Gasteiger partial charge in [-0.05, 0) is 26.5 Å². The SMILES string of the molecule is CNCCC(=O)N(C)C(C)c1ccc(C)cc1. The molecule has 0 spiro atoms. The first-order chi connectivity index (χ1) is 8.06. The first-order valence-corrected chi connectivity index (χ1v) is 6.03. The number of hydrogen-bond donors (Lipinski definition) is 1. The summed E-state index contributed by atoms with van der Waals surface area (Å²) in [6, 6.07) is 8.46. The summed E-state index contributed by atoms with van der Waals surface area (Å²) >= 11 is 0. The summed E-state index contributed by atoms with van der Waals surface area (Å²) in [6.45, 7) is 4.85. The maximum Gasteiger partial charge on any atom is 0.224 e. The Balaban J connectivity index is 2.65. The number of amides is 1. The maximum atomic E-state index is 11.9. The Bertz CT molecular complexity index is 359. The summed E-state index contributed by atoms with van der Waals surface area (Å²) in [7, 11) is 3.72. The molecule has 1 aromatic carbocycles. The monoisotopic (exact) mass is 234 g/mol. The first-order valence-electron chi connectivity index (χ1n) is 6.03. The Morgan fingerprint density at radius 2 is 1.94 bits per heavy atom. The van der Waals surface area contributed by atoms with Crippen LogP contribution in [0.4, 0.5) is 0 Å². The minimum atomic E-state index is 0.125. The van der Waals surface area contributed by atoms with E-state index in [0.717, 1.165) is 6.54 Å². The molecule has 0 fully saturated rings. The van der Waals surface area contributed by atoms with Gasteiger partial charge < -0.3 is 10.2 Å². The van der Waals surface area contributed by atoms with Gasteiger partial charge in [0.1, 0.15) is 0 Å². The van der Waals surface area contributed by atoms with E-state index >= 15 is 0 Å². The highest BCUT2D eigenvalue weighted by atomic mass is 16.2. The Labute approximate surface area is 104 Å². The molecule has 17 heavy (non-hydrogen) atoms. The van der Waals surface area contributed by atoms with Crippen LogP contribution >= 0.6 is 0 Å². The lowest BCUT2D eigenvalue weighted by Gasteiger charge is -2.25. The van der Waals surface area contributed by atoms with Crippen LogP contribution in [0.1, 0.15) is 30.5 Å². The minimum absolute atomic E-state index is 0.125. The zero-order valence-electron chi connectivity index (χ0n) is 11.2. The number of aryl methyl sites for hydroxylation is 1. The zero-order chi connectivity index (χ0) is 12.8. The zero-order valence-corrected chi connectivity index (χ0v) is 11.2. The number of nitrogens with zero attached hydrogens (tertiary/aromatic N) is 1. The lowest BCUT2D eigenvalue weighted by atomic mass is 10.1. The van der Waals surface area contributed by atoms with E-state index in [9.17, 15) is 4.79 Å². The maximum absolute atomic E-state index is 11.9. The minimum Gasteiger partial charge on any atom is -0.339 e. The molecule has 0 heterocycles. The number of nitrogens with one attached hydrogen (secondary N) is 1. The normalized spacial score (nSPS) is 12.2. The van der Waals surface area contributed by atoms with Crippen LogP contribution in [0.2, 0.25) is 0 Å². The van der Waals surface area contributed by atoms with Gasteiger partial charge in [-0.1, -0.05) is 29.8 Å². The second-order valence-electron chi connectivity index (χ2n) is 4.44. The van der Waals surface area contributed by atoms with E-state index in [1.54, 1.807) is 0 Å². The third kappa shape index (κ3) is 3.86. The van der Waals surface area contributed by atoms with Gasteiger partial charge in [0.2, 0.25) is 5.91 Å². The number of carbonyl (C=O) groups excluding carboxylic acids is 1. The fraction of sp³-hybridized carbons (Fsp3) is 0.500. The van der Waals surface area contributed by atoms with Crippen molar-refractivity contribution in [1.82, 2.24) is 10.2 Å². The standard InChI is InChI=1S/C14H22N2O/c1-11-5-7-13(8-6-11)12(2)16(4)14(17)9-10-15-3/h5-8,12,15H,9-10H2,1-4H3. The first kappa shape index (κ1) is 13.7. The summed E-state index contributed by atoms with van der Waals surface area (Å²) in [5.41, 5.74) is 2.42. The number of carbonyl (C=O) groups is 1. The van der Waals surface area contributed by atoms with Gasteiger partial charge in [0.15, 0.2) is 0 Å². The topological polar surface area (TPSA) is 32.3 Å². The van der Waals surface area contributed by atoms with Gasteiger partial charge in [0, 0.05) is 20.0 Å². The van der Waals surface area contributed by atoms with Gasteiger partial charge in [-0.2, -0.15) is 0 Å². The smallest absolute Gasteiger partial charge is 0.224 e. The summed E-state index contributed by atoms with van der Waals surface area (Å²) in [5.74, 6) is 0.174. The van der Waals surface area contributed by atoms with Crippen molar-refractivity contribution in [1.29, 1.82) is 0 Å². The van der Waals surface area contributed by atoms with Crippen LogP contribution in [0, 0.1) is 6.92 Å². The molecule has 0 saturated heterocycles. The highest BCUT2D eigenvalue weighted by Crippen LogP contribution is 2.19. The number of benzene rings is 1. The van der Waals surface area contributed by atoms with Crippen molar-refractivity contribution < 1.29 is 4.79 Å². The van der Waals surface area contributed by atoms with Gasteiger partial charge in [-0.15, -0.1) is 0 Å². The lowest BCUT2D eigenvalue weighted by molar-refractivity contribution is -0.131. The third-order valence-electron chi connectivity index (χ3n) is 3.12. The van der Waals surface area contributed by atoms with E-state index in [-0.39, 0.29) is 11.9 Å². The van der Waals surface area contributed by atoms with Crippen LogP contribution in [-0.2, 0) is 4.79 Å². The molecule has 1 unspecified atom stereocenters. The molecule has 3 heteroatoms. The molecular formula is C14H22N2O. The van der Waals surface area contributed by atoms with E-state index in [0.29, 0.717) is 6.42 Å². The molecule has 1 N–H and O–H groups in total. The Hall–Kier alpha value is -1.35. The average Bonchev–Trinajstić information content (AvgIpc) is 2.35. The molecule has 0 bridgehead atoms. The van der Waals surface area contributed by atoms with Crippen LogP contribution < -0.4 is 5.32 Å². The van der Waals surface area contributed by atoms with Crippen molar-refractivity contribution in [2.45, 2.75) is 26.3 Å². The van der Waals surface area contributed by atoms with Crippen molar-refractivity contribution in [3.8, 4) is 0 Å². The molecule has 0 aliphatic carbocycles. The summed E-state index contributed by atoms with van der Waals surface area (Å²) < 4.78 is 0. The van der Waals surface area contributed by atoms with E-state index in [4.69, 9.17) is 0 Å². The molecule has 1 atom stereocenters. The molecule has 94 valence electrons. The Morgan fingerprint density at radius 1 is 1.35 bits per heavy atom. The molecule has 0 aliphatic heterocycles. The van der Waals surface area contributed by atoms with Gasteiger partial charge in [-0.25, -0.2) is 0 Å². The number of rotatable bonds is 5. The molecule has 0 aliphatic rings. The molecule has 0 saturated carbocycles. The number of hydrogen-bond acceptors (Lipinski definition) is 2. The van der Waals surface area contributed by atoms with Crippen molar-refractivity contribution in [2.24, 2.45) is 0 Å².